The molecular weight excluding hydrogens is 247 g/mol. The zero-order valence-electron chi connectivity index (χ0n) is 11.0. The maximum Gasteiger partial charge on any atom is 0.256 e. The van der Waals surface area contributed by atoms with Gasteiger partial charge in [0.25, 0.3) is 5.91 Å². The van der Waals surface area contributed by atoms with Gasteiger partial charge in [-0.2, -0.15) is 0 Å². The van der Waals surface area contributed by atoms with Gasteiger partial charge in [0.2, 0.25) is 0 Å². The quantitative estimate of drug-likeness (QED) is 0.630. The van der Waals surface area contributed by atoms with Gasteiger partial charge in [-0.15, -0.1) is 0 Å². The Morgan fingerprint density at radius 1 is 1.37 bits per heavy atom. The van der Waals surface area contributed by atoms with Crippen molar-refractivity contribution in [2.75, 3.05) is 38.1 Å². The SMILES string of the molecule is CCN1CCN(C(=O)c2cccc(F)c2NN)CC1. The molecule has 0 spiro atoms. The molecule has 3 N–H and O–H groups in total. The van der Waals surface area contributed by atoms with Crippen LogP contribution < -0.4 is 11.3 Å². The minimum absolute atomic E-state index is 0.0606. The predicted molar refractivity (Wildman–Crippen MR) is 72.2 cm³/mol. The molecule has 2 rings (SSSR count). The van der Waals surface area contributed by atoms with Gasteiger partial charge in [-0.1, -0.05) is 13.0 Å². The Morgan fingerprint density at radius 3 is 2.63 bits per heavy atom. The van der Waals surface area contributed by atoms with Crippen molar-refractivity contribution < 1.29 is 9.18 Å². The second kappa shape index (κ2) is 5.99. The lowest BCUT2D eigenvalue weighted by atomic mass is 10.1. The first kappa shape index (κ1) is 13.8. The number of nitrogens with one attached hydrogen (secondary N) is 1. The van der Waals surface area contributed by atoms with Crippen LogP contribution in [-0.4, -0.2) is 48.4 Å². The average molecular weight is 266 g/mol. The van der Waals surface area contributed by atoms with Gasteiger partial charge in [-0.25, -0.2) is 4.39 Å². The number of nitrogens with two attached hydrogens (primary N) is 1. The van der Waals surface area contributed by atoms with Crippen LogP contribution >= 0.6 is 0 Å². The van der Waals surface area contributed by atoms with Crippen molar-refractivity contribution in [1.29, 1.82) is 0 Å². The van der Waals surface area contributed by atoms with Crippen LogP contribution in [0.3, 0.4) is 0 Å². The van der Waals surface area contributed by atoms with Crippen LogP contribution in [0.25, 0.3) is 0 Å². The Hall–Kier alpha value is -1.66. The van der Waals surface area contributed by atoms with Crippen LogP contribution in [0.4, 0.5) is 10.1 Å². The summed E-state index contributed by atoms with van der Waals surface area (Å²) in [7, 11) is 0. The van der Waals surface area contributed by atoms with Crippen molar-refractivity contribution in [2.45, 2.75) is 6.92 Å². The molecule has 0 aromatic heterocycles. The highest BCUT2D eigenvalue weighted by atomic mass is 19.1. The molecule has 6 heteroatoms. The van der Waals surface area contributed by atoms with Crippen LogP contribution in [0.5, 0.6) is 0 Å². The lowest BCUT2D eigenvalue weighted by Crippen LogP contribution is -2.48. The molecule has 1 aliphatic rings. The number of benzene rings is 1. The van der Waals surface area contributed by atoms with E-state index >= 15 is 0 Å². The van der Waals surface area contributed by atoms with Crippen molar-refractivity contribution in [2.24, 2.45) is 5.84 Å². The number of hydrogen-bond acceptors (Lipinski definition) is 4. The summed E-state index contributed by atoms with van der Waals surface area (Å²) >= 11 is 0. The fraction of sp³-hybridized carbons (Fsp3) is 0.462. The van der Waals surface area contributed by atoms with Crippen molar-refractivity contribution in [3.8, 4) is 0 Å². The van der Waals surface area contributed by atoms with E-state index in [4.69, 9.17) is 5.84 Å². The van der Waals surface area contributed by atoms with Gasteiger partial charge < -0.3 is 15.2 Å². The molecule has 0 bridgehead atoms. The van der Waals surface area contributed by atoms with Gasteiger partial charge in [-0.3, -0.25) is 10.6 Å². The molecule has 0 radical (unpaired) electrons. The zero-order chi connectivity index (χ0) is 13.8. The molecule has 1 aliphatic heterocycles. The first-order valence-corrected chi connectivity index (χ1v) is 6.44. The maximum absolute atomic E-state index is 13.6. The summed E-state index contributed by atoms with van der Waals surface area (Å²) in [6, 6.07) is 4.39. The molecule has 0 atom stereocenters. The summed E-state index contributed by atoms with van der Waals surface area (Å²) in [5, 5.41) is 0. The van der Waals surface area contributed by atoms with E-state index in [2.05, 4.69) is 17.2 Å². The van der Waals surface area contributed by atoms with Crippen molar-refractivity contribution in [3.05, 3.63) is 29.6 Å². The lowest BCUT2D eigenvalue weighted by Gasteiger charge is -2.34. The topological polar surface area (TPSA) is 61.6 Å². The summed E-state index contributed by atoms with van der Waals surface area (Å²) in [5.41, 5.74) is 2.62. The van der Waals surface area contributed by atoms with Gasteiger partial charge in [-0.05, 0) is 18.7 Å². The molecule has 19 heavy (non-hydrogen) atoms. The van der Waals surface area contributed by atoms with Gasteiger partial charge in [0.15, 0.2) is 0 Å². The molecule has 1 saturated heterocycles. The van der Waals surface area contributed by atoms with Gasteiger partial charge in [0, 0.05) is 26.2 Å². The third kappa shape index (κ3) is 2.85. The highest BCUT2D eigenvalue weighted by Gasteiger charge is 2.24. The van der Waals surface area contributed by atoms with Crippen LogP contribution in [0.1, 0.15) is 17.3 Å². The van der Waals surface area contributed by atoms with Gasteiger partial charge in [0.1, 0.15) is 5.82 Å². The predicted octanol–water partition coefficient (Wildman–Crippen LogP) is 0.889. The molecule has 0 aliphatic carbocycles. The van der Waals surface area contributed by atoms with Crippen molar-refractivity contribution >= 4 is 11.6 Å². The number of carbonyl (C=O) groups excluding carboxylic acids is 1. The highest BCUT2D eigenvalue weighted by molar-refractivity contribution is 5.99. The summed E-state index contributed by atoms with van der Waals surface area (Å²) in [6.45, 7) is 6.10. The molecule has 0 saturated carbocycles. The first-order chi connectivity index (χ1) is 9.17. The molecule has 1 fully saturated rings. The minimum atomic E-state index is -0.513. The van der Waals surface area contributed by atoms with Crippen LogP contribution in [0.2, 0.25) is 0 Å². The van der Waals surface area contributed by atoms with E-state index in [-0.39, 0.29) is 17.2 Å². The number of nitrogen functional groups attached to an aromatic ring is 1. The first-order valence-electron chi connectivity index (χ1n) is 6.44. The number of rotatable bonds is 3. The van der Waals surface area contributed by atoms with E-state index in [1.807, 2.05) is 0 Å². The summed E-state index contributed by atoms with van der Waals surface area (Å²) in [5.74, 6) is 4.60. The minimum Gasteiger partial charge on any atom is -0.336 e. The van der Waals surface area contributed by atoms with E-state index in [1.165, 1.54) is 12.1 Å². The number of anilines is 1. The van der Waals surface area contributed by atoms with Crippen LogP contribution in [0, 0.1) is 5.82 Å². The van der Waals surface area contributed by atoms with Gasteiger partial charge in [0.05, 0.1) is 11.3 Å². The van der Waals surface area contributed by atoms with E-state index in [0.29, 0.717) is 13.1 Å². The maximum atomic E-state index is 13.6. The summed E-state index contributed by atoms with van der Waals surface area (Å²) in [4.78, 5) is 16.4. The molecule has 1 heterocycles. The lowest BCUT2D eigenvalue weighted by molar-refractivity contribution is 0.0644. The van der Waals surface area contributed by atoms with E-state index in [0.717, 1.165) is 19.6 Å². The summed E-state index contributed by atoms with van der Waals surface area (Å²) < 4.78 is 13.6. The van der Waals surface area contributed by atoms with Crippen LogP contribution in [-0.2, 0) is 0 Å². The second-order valence-corrected chi connectivity index (χ2v) is 4.53. The van der Waals surface area contributed by atoms with E-state index in [1.54, 1.807) is 11.0 Å². The Kier molecular flexibility index (Phi) is 4.34. The third-order valence-corrected chi connectivity index (χ3v) is 3.50. The Bertz CT molecular complexity index is 458. The van der Waals surface area contributed by atoms with Crippen molar-refractivity contribution in [3.63, 3.8) is 0 Å². The number of hydrogen-bond donors (Lipinski definition) is 2. The molecule has 1 aromatic rings. The number of hydrazine groups is 1. The van der Waals surface area contributed by atoms with Crippen LogP contribution in [0.15, 0.2) is 18.2 Å². The summed E-state index contributed by atoms with van der Waals surface area (Å²) in [6.07, 6.45) is 0. The average Bonchev–Trinajstić information content (AvgIpc) is 2.46. The molecule has 1 aromatic carbocycles. The Balaban J connectivity index is 2.14. The number of nitrogens with zero attached hydrogens (tertiary/aromatic N) is 2. The fourth-order valence-electron chi connectivity index (χ4n) is 2.29. The second-order valence-electron chi connectivity index (χ2n) is 4.53. The molecule has 5 nitrogen and oxygen atoms in total. The number of carbonyl (C=O) groups is 1. The third-order valence-electron chi connectivity index (χ3n) is 3.50. The number of piperazine rings is 1. The molecule has 1 amide bonds. The normalized spacial score (nSPS) is 16.5. The largest absolute Gasteiger partial charge is 0.336 e. The van der Waals surface area contributed by atoms with Crippen molar-refractivity contribution in [1.82, 2.24) is 9.80 Å². The Morgan fingerprint density at radius 2 is 2.05 bits per heavy atom. The number of halogens is 1. The highest BCUT2D eigenvalue weighted by Crippen LogP contribution is 2.21. The molecular formula is C13H19FN4O. The molecule has 0 unspecified atom stereocenters. The smallest absolute Gasteiger partial charge is 0.256 e. The number of amides is 1. The Labute approximate surface area is 112 Å². The fourth-order valence-corrected chi connectivity index (χ4v) is 2.29. The van der Waals surface area contributed by atoms with E-state index < -0.39 is 5.82 Å². The monoisotopic (exact) mass is 266 g/mol. The van der Waals surface area contributed by atoms with Gasteiger partial charge >= 0.3 is 0 Å². The number of para-hydroxylation sites is 1. The standard InChI is InChI=1S/C13H19FN4O/c1-2-17-6-8-18(9-7-17)13(19)10-4-3-5-11(14)12(10)16-15/h3-5,16H,2,6-9,15H2,1H3. The van der Waals surface area contributed by atoms with E-state index in [9.17, 15) is 9.18 Å². The zero-order valence-corrected chi connectivity index (χ0v) is 11.0. The molecule has 104 valence electrons. The number of likely N-dealkylation sites (N-methyl/N-ethyl adjacent to an activating group) is 1.